The van der Waals surface area contributed by atoms with Crippen molar-refractivity contribution in [3.63, 3.8) is 0 Å². The van der Waals surface area contributed by atoms with Crippen LogP contribution < -0.4 is 5.73 Å². The second kappa shape index (κ2) is 5.67. The Labute approximate surface area is 105 Å². The van der Waals surface area contributed by atoms with Crippen molar-refractivity contribution in [1.82, 2.24) is 9.55 Å². The van der Waals surface area contributed by atoms with Gasteiger partial charge in [-0.3, -0.25) is 0 Å². The zero-order valence-corrected chi connectivity index (χ0v) is 11.9. The monoisotopic (exact) mass is 237 g/mol. The number of hydrogen-bond donors (Lipinski definition) is 1. The van der Waals surface area contributed by atoms with Gasteiger partial charge in [0, 0.05) is 24.4 Å². The van der Waals surface area contributed by atoms with Gasteiger partial charge in [-0.2, -0.15) is 0 Å². The highest BCUT2D eigenvalue weighted by Crippen LogP contribution is 2.31. The molecule has 1 aromatic rings. The van der Waals surface area contributed by atoms with E-state index >= 15 is 0 Å². The van der Waals surface area contributed by atoms with Gasteiger partial charge in [0.2, 0.25) is 0 Å². The Morgan fingerprint density at radius 2 is 1.94 bits per heavy atom. The first-order valence-corrected chi connectivity index (χ1v) is 6.74. The van der Waals surface area contributed by atoms with E-state index < -0.39 is 0 Å². The number of aromatic nitrogens is 2. The lowest BCUT2D eigenvalue weighted by Crippen LogP contribution is -2.43. The zero-order valence-electron chi connectivity index (χ0n) is 11.9. The second-order valence-electron chi connectivity index (χ2n) is 5.42. The highest BCUT2D eigenvalue weighted by Gasteiger charge is 2.31. The maximum absolute atomic E-state index is 6.00. The van der Waals surface area contributed by atoms with Gasteiger partial charge < -0.3 is 10.3 Å². The van der Waals surface area contributed by atoms with Gasteiger partial charge in [-0.05, 0) is 25.7 Å². The standard InChI is InChI=1S/C14H27N3/c1-6-12(7-2)13-8-16-10-17(13)14(5,9-15)11(3)4/h8,10-12H,6-7,9,15H2,1-5H3. The summed E-state index contributed by atoms with van der Waals surface area (Å²) in [4.78, 5) is 4.34. The molecule has 0 spiro atoms. The molecule has 0 aromatic carbocycles. The van der Waals surface area contributed by atoms with E-state index in [4.69, 9.17) is 5.73 Å². The van der Waals surface area contributed by atoms with Crippen LogP contribution in [0.1, 0.15) is 59.1 Å². The lowest BCUT2D eigenvalue weighted by Gasteiger charge is -2.36. The molecule has 0 aliphatic carbocycles. The smallest absolute Gasteiger partial charge is 0.0953 e. The Hall–Kier alpha value is -0.830. The van der Waals surface area contributed by atoms with Crippen molar-refractivity contribution in [2.45, 2.75) is 58.9 Å². The van der Waals surface area contributed by atoms with Gasteiger partial charge in [0.1, 0.15) is 0 Å². The number of rotatable bonds is 6. The first-order valence-electron chi connectivity index (χ1n) is 6.74. The zero-order chi connectivity index (χ0) is 13.1. The van der Waals surface area contributed by atoms with Crippen LogP contribution in [-0.2, 0) is 5.54 Å². The highest BCUT2D eigenvalue weighted by atomic mass is 15.1. The molecule has 3 heteroatoms. The van der Waals surface area contributed by atoms with Crippen LogP contribution in [0.2, 0.25) is 0 Å². The van der Waals surface area contributed by atoms with Crippen LogP contribution in [0.25, 0.3) is 0 Å². The van der Waals surface area contributed by atoms with Crippen molar-refractivity contribution in [2.75, 3.05) is 6.54 Å². The quantitative estimate of drug-likeness (QED) is 0.826. The van der Waals surface area contributed by atoms with Gasteiger partial charge in [-0.15, -0.1) is 0 Å². The fraction of sp³-hybridized carbons (Fsp3) is 0.786. The first-order chi connectivity index (χ1) is 8.01. The molecule has 1 heterocycles. The maximum Gasteiger partial charge on any atom is 0.0953 e. The fourth-order valence-corrected chi connectivity index (χ4v) is 2.35. The summed E-state index contributed by atoms with van der Waals surface area (Å²) in [5.41, 5.74) is 7.30. The Morgan fingerprint density at radius 1 is 1.35 bits per heavy atom. The summed E-state index contributed by atoms with van der Waals surface area (Å²) in [6, 6.07) is 0. The minimum atomic E-state index is -0.0333. The number of imidazole rings is 1. The van der Waals surface area contributed by atoms with Crippen LogP contribution in [0.15, 0.2) is 12.5 Å². The Kier molecular flexibility index (Phi) is 4.75. The van der Waals surface area contributed by atoms with E-state index in [-0.39, 0.29) is 5.54 Å². The molecule has 3 nitrogen and oxygen atoms in total. The maximum atomic E-state index is 6.00. The van der Waals surface area contributed by atoms with Crippen LogP contribution in [0, 0.1) is 5.92 Å². The lowest BCUT2D eigenvalue weighted by molar-refractivity contribution is 0.221. The van der Waals surface area contributed by atoms with Crippen LogP contribution in [-0.4, -0.2) is 16.1 Å². The van der Waals surface area contributed by atoms with Crippen molar-refractivity contribution in [1.29, 1.82) is 0 Å². The van der Waals surface area contributed by atoms with Crippen molar-refractivity contribution >= 4 is 0 Å². The molecular formula is C14H27N3. The topological polar surface area (TPSA) is 43.8 Å². The molecular weight excluding hydrogens is 210 g/mol. The molecule has 1 unspecified atom stereocenters. The average Bonchev–Trinajstić information content (AvgIpc) is 2.79. The molecule has 0 fully saturated rings. The normalized spacial score (nSPS) is 15.5. The Balaban J connectivity index is 3.18. The van der Waals surface area contributed by atoms with Crippen LogP contribution >= 0.6 is 0 Å². The minimum Gasteiger partial charge on any atom is -0.328 e. The average molecular weight is 237 g/mol. The largest absolute Gasteiger partial charge is 0.328 e. The van der Waals surface area contributed by atoms with Gasteiger partial charge in [-0.25, -0.2) is 4.98 Å². The van der Waals surface area contributed by atoms with Gasteiger partial charge in [-0.1, -0.05) is 27.7 Å². The summed E-state index contributed by atoms with van der Waals surface area (Å²) in [7, 11) is 0. The highest BCUT2D eigenvalue weighted by molar-refractivity contribution is 5.10. The van der Waals surface area contributed by atoms with E-state index in [0.717, 1.165) is 12.8 Å². The van der Waals surface area contributed by atoms with Crippen molar-refractivity contribution in [3.05, 3.63) is 18.2 Å². The summed E-state index contributed by atoms with van der Waals surface area (Å²) in [6.07, 6.45) is 6.26. The summed E-state index contributed by atoms with van der Waals surface area (Å²) in [5.74, 6) is 1.08. The SMILES string of the molecule is CCC(CC)c1cncn1C(C)(CN)C(C)C. The molecule has 1 atom stereocenters. The van der Waals surface area contributed by atoms with E-state index in [9.17, 15) is 0 Å². The van der Waals surface area contributed by atoms with Gasteiger partial charge >= 0.3 is 0 Å². The number of nitrogens with zero attached hydrogens (tertiary/aromatic N) is 2. The van der Waals surface area contributed by atoms with E-state index in [0.29, 0.717) is 18.4 Å². The molecule has 1 aromatic heterocycles. The summed E-state index contributed by atoms with van der Waals surface area (Å²) in [5, 5.41) is 0. The fourth-order valence-electron chi connectivity index (χ4n) is 2.35. The molecule has 0 aliphatic heterocycles. The molecule has 0 aliphatic rings. The van der Waals surface area contributed by atoms with E-state index in [1.165, 1.54) is 5.69 Å². The van der Waals surface area contributed by atoms with E-state index in [2.05, 4.69) is 44.2 Å². The van der Waals surface area contributed by atoms with Crippen molar-refractivity contribution in [2.24, 2.45) is 11.7 Å². The van der Waals surface area contributed by atoms with Crippen LogP contribution in [0.4, 0.5) is 0 Å². The lowest BCUT2D eigenvalue weighted by atomic mass is 9.87. The molecule has 2 N–H and O–H groups in total. The molecule has 0 amide bonds. The Bertz CT molecular complexity index is 339. The molecule has 17 heavy (non-hydrogen) atoms. The third-order valence-corrected chi connectivity index (χ3v) is 4.28. The number of nitrogens with two attached hydrogens (primary N) is 1. The number of hydrogen-bond acceptors (Lipinski definition) is 2. The molecule has 0 saturated heterocycles. The van der Waals surface area contributed by atoms with Crippen molar-refractivity contribution < 1.29 is 0 Å². The molecule has 1 rings (SSSR count). The van der Waals surface area contributed by atoms with E-state index in [1.54, 1.807) is 0 Å². The second-order valence-corrected chi connectivity index (χ2v) is 5.42. The van der Waals surface area contributed by atoms with Gasteiger partial charge in [0.05, 0.1) is 11.9 Å². The minimum absolute atomic E-state index is 0.0333. The third kappa shape index (κ3) is 2.54. The molecule has 0 bridgehead atoms. The van der Waals surface area contributed by atoms with Gasteiger partial charge in [0.25, 0.3) is 0 Å². The molecule has 0 saturated carbocycles. The predicted molar refractivity (Wildman–Crippen MR) is 73.1 cm³/mol. The van der Waals surface area contributed by atoms with Crippen molar-refractivity contribution in [3.8, 4) is 0 Å². The molecule has 0 radical (unpaired) electrons. The van der Waals surface area contributed by atoms with Crippen LogP contribution in [0.3, 0.4) is 0 Å². The third-order valence-electron chi connectivity index (χ3n) is 4.28. The molecule has 98 valence electrons. The van der Waals surface area contributed by atoms with Crippen LogP contribution in [0.5, 0.6) is 0 Å². The predicted octanol–water partition coefficient (Wildman–Crippen LogP) is 3.12. The summed E-state index contributed by atoms with van der Waals surface area (Å²) >= 11 is 0. The Morgan fingerprint density at radius 3 is 2.35 bits per heavy atom. The summed E-state index contributed by atoms with van der Waals surface area (Å²) in [6.45, 7) is 11.8. The summed E-state index contributed by atoms with van der Waals surface area (Å²) < 4.78 is 2.30. The van der Waals surface area contributed by atoms with Gasteiger partial charge in [0.15, 0.2) is 0 Å². The first kappa shape index (κ1) is 14.2. The van der Waals surface area contributed by atoms with E-state index in [1.807, 2.05) is 12.5 Å².